The second kappa shape index (κ2) is 6.63. The minimum atomic E-state index is 0.0284. The lowest BCUT2D eigenvalue weighted by Gasteiger charge is -2.07. The van der Waals surface area contributed by atoms with E-state index in [2.05, 4.69) is 15.2 Å². The van der Waals surface area contributed by atoms with Crippen LogP contribution in [0.3, 0.4) is 0 Å². The molecule has 136 valence electrons. The molecule has 27 heavy (non-hydrogen) atoms. The van der Waals surface area contributed by atoms with Gasteiger partial charge in [-0.15, -0.1) is 0 Å². The number of halogens is 1. The van der Waals surface area contributed by atoms with Crippen molar-refractivity contribution in [3.05, 3.63) is 76.0 Å². The van der Waals surface area contributed by atoms with Crippen molar-refractivity contribution in [1.29, 1.82) is 0 Å². The smallest absolute Gasteiger partial charge is 0.167 e. The molecule has 1 aromatic carbocycles. The fraction of sp³-hybridized carbons (Fsp3) is 0.200. The number of nitrogens with zero attached hydrogens (tertiary/aromatic N) is 5. The molecule has 0 bridgehead atoms. The first-order valence-electron chi connectivity index (χ1n) is 8.59. The number of fused-ring (bicyclic) bond motifs is 1. The van der Waals surface area contributed by atoms with Gasteiger partial charge >= 0.3 is 0 Å². The van der Waals surface area contributed by atoms with Gasteiger partial charge in [-0.05, 0) is 44.5 Å². The maximum absolute atomic E-state index is 12.8. The molecule has 0 amide bonds. The summed E-state index contributed by atoms with van der Waals surface area (Å²) in [7, 11) is 0. The number of aromatic nitrogens is 5. The Morgan fingerprint density at radius 1 is 1.11 bits per heavy atom. The minimum absolute atomic E-state index is 0.0284. The fourth-order valence-corrected chi connectivity index (χ4v) is 3.23. The van der Waals surface area contributed by atoms with E-state index in [-0.39, 0.29) is 12.2 Å². The average molecular weight is 380 g/mol. The Kier molecular flexibility index (Phi) is 4.28. The van der Waals surface area contributed by atoms with Gasteiger partial charge in [0.25, 0.3) is 0 Å². The normalized spacial score (nSPS) is 11.3. The molecule has 6 nitrogen and oxygen atoms in total. The van der Waals surface area contributed by atoms with E-state index in [1.807, 2.05) is 63.4 Å². The summed E-state index contributed by atoms with van der Waals surface area (Å²) in [4.78, 5) is 17.1. The average Bonchev–Trinajstić information content (AvgIpc) is 3.15. The van der Waals surface area contributed by atoms with E-state index in [4.69, 9.17) is 11.6 Å². The van der Waals surface area contributed by atoms with Crippen LogP contribution in [0.25, 0.3) is 11.3 Å². The molecule has 0 radical (unpaired) electrons. The van der Waals surface area contributed by atoms with Crippen molar-refractivity contribution in [2.45, 2.75) is 27.2 Å². The number of ketones is 1. The molecule has 3 heterocycles. The highest BCUT2D eigenvalue weighted by atomic mass is 35.5. The lowest BCUT2D eigenvalue weighted by Crippen LogP contribution is -2.07. The second-order valence-electron chi connectivity index (χ2n) is 6.55. The van der Waals surface area contributed by atoms with Crippen molar-refractivity contribution in [1.82, 2.24) is 24.4 Å². The highest BCUT2D eigenvalue weighted by Crippen LogP contribution is 2.23. The van der Waals surface area contributed by atoms with Gasteiger partial charge < -0.3 is 0 Å². The van der Waals surface area contributed by atoms with Crippen LogP contribution in [0, 0.1) is 20.8 Å². The van der Waals surface area contributed by atoms with E-state index in [9.17, 15) is 4.79 Å². The molecule has 0 aliphatic carbocycles. The maximum atomic E-state index is 12.8. The number of aryl methyl sites for hydroxylation is 2. The van der Waals surface area contributed by atoms with Crippen LogP contribution in [-0.4, -0.2) is 30.2 Å². The number of carbonyl (C=O) groups is 1. The van der Waals surface area contributed by atoms with Crippen molar-refractivity contribution in [3.8, 4) is 5.69 Å². The highest BCUT2D eigenvalue weighted by Gasteiger charge is 2.13. The van der Waals surface area contributed by atoms with E-state index in [0.29, 0.717) is 16.4 Å². The Morgan fingerprint density at radius 3 is 2.67 bits per heavy atom. The summed E-state index contributed by atoms with van der Waals surface area (Å²) in [5, 5.41) is 9.40. The van der Waals surface area contributed by atoms with Gasteiger partial charge in [0.1, 0.15) is 5.82 Å². The third kappa shape index (κ3) is 3.24. The summed E-state index contributed by atoms with van der Waals surface area (Å²) < 4.78 is 3.46. The van der Waals surface area contributed by atoms with Crippen molar-refractivity contribution < 1.29 is 4.79 Å². The predicted octanol–water partition coefficient (Wildman–Crippen LogP) is 3.92. The van der Waals surface area contributed by atoms with Crippen LogP contribution in [-0.2, 0) is 6.42 Å². The molecule has 4 aromatic rings. The summed E-state index contributed by atoms with van der Waals surface area (Å²) in [6, 6.07) is 11.2. The zero-order valence-corrected chi connectivity index (χ0v) is 16.0. The molecule has 3 aromatic heterocycles. The number of pyridine rings is 1. The zero-order chi connectivity index (χ0) is 19.1. The van der Waals surface area contributed by atoms with Gasteiger partial charge in [0.2, 0.25) is 0 Å². The van der Waals surface area contributed by atoms with Gasteiger partial charge in [0.15, 0.2) is 11.4 Å². The van der Waals surface area contributed by atoms with Gasteiger partial charge in [0, 0.05) is 18.2 Å². The first-order chi connectivity index (χ1) is 12.9. The number of hydrogen-bond acceptors (Lipinski definition) is 4. The van der Waals surface area contributed by atoms with Crippen LogP contribution in [0.15, 0.2) is 42.6 Å². The monoisotopic (exact) mass is 379 g/mol. The SMILES string of the molecule is Cc1nc2ccc(CC(=O)c3cccc(-n4nc(C)c(Cl)c4C)c3)cn2n1. The number of benzene rings is 1. The van der Waals surface area contributed by atoms with Crippen LogP contribution in [0.1, 0.15) is 33.1 Å². The number of hydrogen-bond donors (Lipinski definition) is 0. The molecule has 0 spiro atoms. The van der Waals surface area contributed by atoms with Crippen molar-refractivity contribution in [2.24, 2.45) is 0 Å². The van der Waals surface area contributed by atoms with Crippen molar-refractivity contribution in [2.75, 3.05) is 0 Å². The summed E-state index contributed by atoms with van der Waals surface area (Å²) in [5.41, 5.74) is 4.72. The predicted molar refractivity (Wildman–Crippen MR) is 104 cm³/mol. The van der Waals surface area contributed by atoms with Gasteiger partial charge in [-0.2, -0.15) is 10.2 Å². The highest BCUT2D eigenvalue weighted by molar-refractivity contribution is 6.31. The molecule has 4 rings (SSSR count). The topological polar surface area (TPSA) is 65.1 Å². The zero-order valence-electron chi connectivity index (χ0n) is 15.3. The summed E-state index contributed by atoms with van der Waals surface area (Å²) in [6.07, 6.45) is 2.13. The molecule has 7 heteroatoms. The Bertz CT molecular complexity index is 1170. The molecular weight excluding hydrogens is 362 g/mol. The molecule has 0 unspecified atom stereocenters. The number of rotatable bonds is 4. The maximum Gasteiger partial charge on any atom is 0.167 e. The Hall–Kier alpha value is -2.99. The largest absolute Gasteiger partial charge is 0.294 e. The molecular formula is C20H18ClN5O. The van der Waals surface area contributed by atoms with Crippen LogP contribution in [0.5, 0.6) is 0 Å². The standard InChI is InChI=1S/C20H18ClN5O/c1-12-20(21)13(2)26(23-12)17-6-4-5-16(10-17)18(27)9-15-7-8-19-22-14(3)24-25(19)11-15/h4-8,10-11H,9H2,1-3H3. The minimum Gasteiger partial charge on any atom is -0.294 e. The Labute approximate surface area is 161 Å². The van der Waals surface area contributed by atoms with Gasteiger partial charge in [0.05, 0.1) is 22.1 Å². The first kappa shape index (κ1) is 17.4. The first-order valence-corrected chi connectivity index (χ1v) is 8.97. The molecule has 0 atom stereocenters. The van der Waals surface area contributed by atoms with E-state index in [1.165, 1.54) is 0 Å². The van der Waals surface area contributed by atoms with E-state index in [0.717, 1.165) is 28.3 Å². The summed E-state index contributed by atoms with van der Waals surface area (Å²) in [5.74, 6) is 0.732. The van der Waals surface area contributed by atoms with Crippen LogP contribution >= 0.6 is 11.6 Å². The third-order valence-corrected chi connectivity index (χ3v) is 5.03. The van der Waals surface area contributed by atoms with Crippen LogP contribution in [0.4, 0.5) is 0 Å². The quantitative estimate of drug-likeness (QED) is 0.504. The van der Waals surface area contributed by atoms with Crippen LogP contribution in [0.2, 0.25) is 5.02 Å². The summed E-state index contributed by atoms with van der Waals surface area (Å²) >= 11 is 6.24. The van der Waals surface area contributed by atoms with Gasteiger partial charge in [-0.3, -0.25) is 4.79 Å². The van der Waals surface area contributed by atoms with E-state index >= 15 is 0 Å². The van der Waals surface area contributed by atoms with Crippen LogP contribution < -0.4 is 0 Å². The van der Waals surface area contributed by atoms with E-state index in [1.54, 1.807) is 9.20 Å². The molecule has 0 saturated carbocycles. The Balaban J connectivity index is 1.62. The van der Waals surface area contributed by atoms with Gasteiger partial charge in [-0.1, -0.05) is 29.8 Å². The molecule has 0 aliphatic rings. The van der Waals surface area contributed by atoms with Crippen molar-refractivity contribution >= 4 is 23.0 Å². The Morgan fingerprint density at radius 2 is 1.93 bits per heavy atom. The fourth-order valence-electron chi connectivity index (χ4n) is 3.12. The molecule has 0 aliphatic heterocycles. The molecule has 0 fully saturated rings. The van der Waals surface area contributed by atoms with Gasteiger partial charge in [-0.25, -0.2) is 14.2 Å². The molecule has 0 N–H and O–H groups in total. The number of Topliss-reactive ketones (excluding diaryl/α,β-unsaturated/α-hetero) is 1. The molecule has 0 saturated heterocycles. The van der Waals surface area contributed by atoms with Crippen molar-refractivity contribution in [3.63, 3.8) is 0 Å². The second-order valence-corrected chi connectivity index (χ2v) is 6.92. The lowest BCUT2D eigenvalue weighted by atomic mass is 10.0. The van der Waals surface area contributed by atoms with E-state index < -0.39 is 0 Å². The third-order valence-electron chi connectivity index (χ3n) is 4.48. The number of carbonyl (C=O) groups excluding carboxylic acids is 1. The summed E-state index contributed by atoms with van der Waals surface area (Å²) in [6.45, 7) is 5.61. The lowest BCUT2D eigenvalue weighted by molar-refractivity contribution is 0.0993.